The van der Waals surface area contributed by atoms with E-state index in [1.54, 1.807) is 0 Å². The molecule has 2 aromatic rings. The number of halogens is 5. The van der Waals surface area contributed by atoms with Gasteiger partial charge >= 0.3 is 17.8 Å². The van der Waals surface area contributed by atoms with E-state index in [9.17, 15) is 37.1 Å². The van der Waals surface area contributed by atoms with Crippen molar-refractivity contribution in [2.24, 2.45) is 13.0 Å². The van der Waals surface area contributed by atoms with Crippen LogP contribution < -0.4 is 11.2 Å². The number of rotatable bonds is 7. The van der Waals surface area contributed by atoms with Gasteiger partial charge in [0.25, 0.3) is 5.56 Å². The van der Waals surface area contributed by atoms with Crippen molar-refractivity contribution in [2.75, 3.05) is 6.61 Å². The molecule has 13 heteroatoms. The van der Waals surface area contributed by atoms with Crippen molar-refractivity contribution in [3.63, 3.8) is 0 Å². The lowest BCUT2D eigenvalue weighted by molar-refractivity contribution is -0.144. The molecule has 35 heavy (non-hydrogen) atoms. The minimum absolute atomic E-state index is 0.0872. The fraction of sp³-hybridized carbons (Fsp3) is 0.500. The van der Waals surface area contributed by atoms with Crippen molar-refractivity contribution in [2.45, 2.75) is 54.0 Å². The van der Waals surface area contributed by atoms with Crippen molar-refractivity contribution in [1.29, 1.82) is 0 Å². The minimum atomic E-state index is -4.97. The second-order valence-corrected chi connectivity index (χ2v) is 10.5. The van der Waals surface area contributed by atoms with Gasteiger partial charge in [0.2, 0.25) is 0 Å². The number of alkyl halides is 3. The predicted octanol–water partition coefficient (Wildman–Crippen LogP) is 4.24. The zero-order valence-corrected chi connectivity index (χ0v) is 20.0. The minimum Gasteiger partial charge on any atom is -0.480 e. The second-order valence-electron chi connectivity index (χ2n) is 8.69. The average Bonchev–Trinajstić information content (AvgIpc) is 3.49. The average molecular weight is 537 g/mol. The molecular weight excluding hydrogens is 516 g/mol. The Morgan fingerprint density at radius 2 is 1.91 bits per heavy atom. The normalized spacial score (nSPS) is 20.1. The number of aromatic nitrogens is 2. The molecule has 0 amide bonds. The smallest absolute Gasteiger partial charge is 0.431 e. The van der Waals surface area contributed by atoms with Gasteiger partial charge in [0.05, 0.1) is 16.8 Å². The first-order valence-corrected chi connectivity index (χ1v) is 12.0. The Bertz CT molecular complexity index is 1280. The molecule has 1 aliphatic carbocycles. The summed E-state index contributed by atoms with van der Waals surface area (Å²) in [5.74, 6) is -2.41. The van der Waals surface area contributed by atoms with E-state index < -0.39 is 45.3 Å². The highest BCUT2D eigenvalue weighted by Gasteiger charge is 2.54. The number of carbonyl (C=O) groups is 1. The maximum Gasteiger partial charge on any atom is 0.431 e. The van der Waals surface area contributed by atoms with E-state index in [4.69, 9.17) is 16.3 Å². The van der Waals surface area contributed by atoms with E-state index in [1.165, 1.54) is 0 Å². The summed E-state index contributed by atoms with van der Waals surface area (Å²) in [7, 11) is 0.814. The van der Waals surface area contributed by atoms with E-state index in [1.807, 2.05) is 0 Å². The van der Waals surface area contributed by atoms with Crippen LogP contribution in [0.4, 0.5) is 17.6 Å². The number of hydrogen-bond donors (Lipinski definition) is 1. The Balaban J connectivity index is 1.82. The number of carboxylic acid groups (broad SMARTS) is 1. The van der Waals surface area contributed by atoms with Crippen LogP contribution in [0, 0.1) is 11.7 Å². The van der Waals surface area contributed by atoms with Gasteiger partial charge in [0, 0.05) is 24.6 Å². The molecule has 2 aliphatic rings. The maximum atomic E-state index is 14.9. The molecule has 2 heterocycles. The van der Waals surface area contributed by atoms with Crippen LogP contribution in [0.1, 0.15) is 37.8 Å². The molecule has 4 rings (SSSR count). The molecule has 1 saturated heterocycles. The molecule has 1 aromatic heterocycles. The number of ether oxygens (including phenoxy) is 1. The van der Waals surface area contributed by atoms with Crippen LogP contribution in [0.5, 0.6) is 0 Å². The first-order valence-electron chi connectivity index (χ1n) is 10.8. The summed E-state index contributed by atoms with van der Waals surface area (Å²) in [6, 6.07) is 2.05. The van der Waals surface area contributed by atoms with Crippen LogP contribution in [0.3, 0.4) is 0 Å². The number of benzene rings is 1. The fourth-order valence-corrected chi connectivity index (χ4v) is 6.12. The van der Waals surface area contributed by atoms with Crippen molar-refractivity contribution in [3.05, 3.63) is 55.6 Å². The van der Waals surface area contributed by atoms with E-state index >= 15 is 0 Å². The second kappa shape index (κ2) is 9.29. The van der Waals surface area contributed by atoms with Crippen LogP contribution >= 0.6 is 23.4 Å². The zero-order chi connectivity index (χ0) is 25.7. The first-order chi connectivity index (χ1) is 16.3. The third-order valence-electron chi connectivity index (χ3n) is 6.30. The number of nitrogens with zero attached hydrogens (tertiary/aromatic N) is 2. The highest BCUT2D eigenvalue weighted by Crippen LogP contribution is 2.55. The summed E-state index contributed by atoms with van der Waals surface area (Å²) >= 11 is 7.12. The highest BCUT2D eigenvalue weighted by atomic mass is 35.5. The van der Waals surface area contributed by atoms with Crippen molar-refractivity contribution in [1.82, 2.24) is 9.13 Å². The van der Waals surface area contributed by atoms with Gasteiger partial charge in [-0.2, -0.15) is 13.2 Å². The highest BCUT2D eigenvalue weighted by molar-refractivity contribution is 8.01. The molecule has 1 N–H and O–H groups in total. The van der Waals surface area contributed by atoms with Crippen molar-refractivity contribution in [3.8, 4) is 5.69 Å². The molecule has 1 aromatic carbocycles. The summed E-state index contributed by atoms with van der Waals surface area (Å²) in [5, 5.41) is 10.1. The fourth-order valence-electron chi connectivity index (χ4n) is 4.37. The summed E-state index contributed by atoms with van der Waals surface area (Å²) in [5.41, 5.74) is -4.90. The summed E-state index contributed by atoms with van der Waals surface area (Å²) in [6.07, 6.45) is -2.24. The summed E-state index contributed by atoms with van der Waals surface area (Å²) < 4.78 is 59.2. The topological polar surface area (TPSA) is 90.5 Å². The van der Waals surface area contributed by atoms with E-state index in [-0.39, 0.29) is 43.6 Å². The molecule has 1 saturated carbocycles. The molecule has 2 fully saturated rings. The Morgan fingerprint density at radius 1 is 1.23 bits per heavy atom. The van der Waals surface area contributed by atoms with E-state index in [0.717, 1.165) is 37.4 Å². The molecule has 1 aliphatic heterocycles. The molecule has 7 nitrogen and oxygen atoms in total. The van der Waals surface area contributed by atoms with Crippen LogP contribution in [0.25, 0.3) is 5.69 Å². The standard InChI is InChI=1S/C22H21ClF4N2O5S/c1-28-17(22(25,26)27)9-18(30)29(20(28)33)15-8-16(13(23)7-14(15)24)35-21(19(31)32,11-4-5-11)10-12-3-2-6-34-12/h7-9,11-12H,2-6,10H2,1H3,(H,31,32). The van der Waals surface area contributed by atoms with Gasteiger partial charge in [-0.25, -0.2) is 13.8 Å². The Labute approximate surface area is 205 Å². The van der Waals surface area contributed by atoms with Gasteiger partial charge in [-0.05, 0) is 50.2 Å². The summed E-state index contributed by atoms with van der Waals surface area (Å²) in [6.45, 7) is 0.525. The number of carboxylic acids is 1. The summed E-state index contributed by atoms with van der Waals surface area (Å²) in [4.78, 5) is 37.7. The lowest BCUT2D eigenvalue weighted by Gasteiger charge is -2.31. The van der Waals surface area contributed by atoms with Gasteiger partial charge in [-0.15, -0.1) is 11.8 Å². The first kappa shape index (κ1) is 25.8. The SMILES string of the molecule is Cn1c(C(F)(F)F)cc(=O)n(-c2cc(SC(CC3CCCO3)(C(=O)O)C3CC3)c(Cl)cc2F)c1=O. The molecule has 0 radical (unpaired) electrons. The maximum absolute atomic E-state index is 14.9. The number of hydrogen-bond acceptors (Lipinski definition) is 5. The van der Waals surface area contributed by atoms with Crippen molar-refractivity contribution < 1.29 is 32.2 Å². The quantitative estimate of drug-likeness (QED) is 0.420. The molecule has 0 bridgehead atoms. The van der Waals surface area contributed by atoms with Gasteiger partial charge in [0.1, 0.15) is 16.3 Å². The van der Waals surface area contributed by atoms with Gasteiger partial charge < -0.3 is 9.84 Å². The van der Waals surface area contributed by atoms with Crippen LogP contribution in [-0.2, 0) is 22.8 Å². The van der Waals surface area contributed by atoms with Gasteiger partial charge in [0.15, 0.2) is 0 Å². The third-order valence-corrected chi connectivity index (χ3v) is 8.32. The van der Waals surface area contributed by atoms with Crippen LogP contribution in [-0.4, -0.2) is 37.7 Å². The van der Waals surface area contributed by atoms with E-state index in [0.29, 0.717) is 25.9 Å². The number of aliphatic carboxylic acids is 1. The third kappa shape index (κ3) is 4.88. The van der Waals surface area contributed by atoms with Crippen molar-refractivity contribution >= 4 is 29.3 Å². The molecule has 2 unspecified atom stereocenters. The lowest BCUT2D eigenvalue weighted by atomic mass is 9.94. The molecular formula is C22H21ClF4N2O5S. The largest absolute Gasteiger partial charge is 0.480 e. The molecule has 2 atom stereocenters. The Hall–Kier alpha value is -2.31. The monoisotopic (exact) mass is 536 g/mol. The Morgan fingerprint density at radius 3 is 2.46 bits per heavy atom. The molecule has 190 valence electrons. The van der Waals surface area contributed by atoms with Gasteiger partial charge in [-0.1, -0.05) is 11.6 Å². The Kier molecular flexibility index (Phi) is 6.84. The van der Waals surface area contributed by atoms with E-state index in [2.05, 4.69) is 0 Å². The van der Waals surface area contributed by atoms with Crippen LogP contribution in [0.2, 0.25) is 5.02 Å². The van der Waals surface area contributed by atoms with Crippen LogP contribution in [0.15, 0.2) is 32.7 Å². The zero-order valence-electron chi connectivity index (χ0n) is 18.4. The van der Waals surface area contributed by atoms with Gasteiger partial charge in [-0.3, -0.25) is 14.2 Å². The molecule has 0 spiro atoms. The predicted molar refractivity (Wildman–Crippen MR) is 120 cm³/mol. The number of thioether (sulfide) groups is 1. The lowest BCUT2D eigenvalue weighted by Crippen LogP contribution is -2.41.